The average molecular weight is 250 g/mol. The monoisotopic (exact) mass is 250 g/mol. The lowest BCUT2D eigenvalue weighted by Crippen LogP contribution is -2.43. The minimum absolute atomic E-state index is 0.129. The van der Waals surface area contributed by atoms with Crippen LogP contribution in [0, 0.1) is 6.92 Å². The quantitative estimate of drug-likeness (QED) is 0.774. The SMILES string of the molecule is CCCC(=O)NNC(=O)COc1cccc(C)c1. The van der Waals surface area contributed by atoms with Crippen LogP contribution in [0.1, 0.15) is 25.3 Å². The van der Waals surface area contributed by atoms with E-state index in [9.17, 15) is 9.59 Å². The molecular formula is C13H18N2O3. The number of carbonyl (C=O) groups excluding carboxylic acids is 2. The Hall–Kier alpha value is -2.04. The van der Waals surface area contributed by atoms with E-state index < -0.39 is 0 Å². The van der Waals surface area contributed by atoms with E-state index in [1.54, 1.807) is 6.07 Å². The molecule has 0 saturated heterocycles. The van der Waals surface area contributed by atoms with Gasteiger partial charge in [-0.25, -0.2) is 0 Å². The van der Waals surface area contributed by atoms with Crippen molar-refractivity contribution in [1.29, 1.82) is 0 Å². The van der Waals surface area contributed by atoms with Crippen molar-refractivity contribution >= 4 is 11.8 Å². The molecule has 0 heterocycles. The fourth-order valence-electron chi connectivity index (χ4n) is 1.32. The highest BCUT2D eigenvalue weighted by Crippen LogP contribution is 2.11. The zero-order valence-corrected chi connectivity index (χ0v) is 10.7. The fourth-order valence-corrected chi connectivity index (χ4v) is 1.32. The minimum Gasteiger partial charge on any atom is -0.484 e. The molecule has 0 unspecified atom stereocenters. The molecule has 98 valence electrons. The molecule has 0 saturated carbocycles. The first-order valence-corrected chi connectivity index (χ1v) is 5.89. The summed E-state index contributed by atoms with van der Waals surface area (Å²) in [7, 11) is 0. The summed E-state index contributed by atoms with van der Waals surface area (Å²) in [5, 5.41) is 0. The fraction of sp³-hybridized carbons (Fsp3) is 0.385. The van der Waals surface area contributed by atoms with Crippen molar-refractivity contribution in [2.75, 3.05) is 6.61 Å². The van der Waals surface area contributed by atoms with Gasteiger partial charge in [-0.05, 0) is 31.0 Å². The van der Waals surface area contributed by atoms with Gasteiger partial charge in [-0.3, -0.25) is 20.4 Å². The van der Waals surface area contributed by atoms with Gasteiger partial charge in [0.1, 0.15) is 5.75 Å². The first kappa shape index (κ1) is 14.0. The van der Waals surface area contributed by atoms with Gasteiger partial charge in [0.2, 0.25) is 5.91 Å². The van der Waals surface area contributed by atoms with Crippen molar-refractivity contribution in [2.45, 2.75) is 26.7 Å². The number of amides is 2. The van der Waals surface area contributed by atoms with Crippen molar-refractivity contribution in [1.82, 2.24) is 10.9 Å². The van der Waals surface area contributed by atoms with E-state index in [4.69, 9.17) is 4.74 Å². The molecule has 0 aliphatic carbocycles. The first-order valence-electron chi connectivity index (χ1n) is 5.89. The Morgan fingerprint density at radius 2 is 1.94 bits per heavy atom. The summed E-state index contributed by atoms with van der Waals surface area (Å²) in [5.41, 5.74) is 5.66. The maximum atomic E-state index is 11.4. The van der Waals surface area contributed by atoms with Gasteiger partial charge in [-0.1, -0.05) is 19.1 Å². The topological polar surface area (TPSA) is 67.4 Å². The summed E-state index contributed by atoms with van der Waals surface area (Å²) in [5.74, 6) is 0.0346. The molecule has 0 spiro atoms. The number of ether oxygens (including phenoxy) is 1. The summed E-state index contributed by atoms with van der Waals surface area (Å²) < 4.78 is 5.28. The van der Waals surface area contributed by atoms with E-state index >= 15 is 0 Å². The third kappa shape index (κ3) is 5.34. The van der Waals surface area contributed by atoms with Crippen LogP contribution >= 0.6 is 0 Å². The Kier molecular flexibility index (Phi) is 5.70. The second kappa shape index (κ2) is 7.32. The van der Waals surface area contributed by atoms with Crippen LogP contribution in [-0.2, 0) is 9.59 Å². The first-order chi connectivity index (χ1) is 8.61. The van der Waals surface area contributed by atoms with E-state index in [0.29, 0.717) is 12.2 Å². The second-order valence-electron chi connectivity index (χ2n) is 3.95. The zero-order chi connectivity index (χ0) is 13.4. The van der Waals surface area contributed by atoms with Crippen molar-refractivity contribution in [3.8, 4) is 5.75 Å². The Bertz CT molecular complexity index is 418. The van der Waals surface area contributed by atoms with Crippen LogP contribution in [0.3, 0.4) is 0 Å². The molecule has 18 heavy (non-hydrogen) atoms. The molecule has 0 aliphatic heterocycles. The highest BCUT2D eigenvalue weighted by Gasteiger charge is 2.04. The van der Waals surface area contributed by atoms with Gasteiger partial charge in [-0.2, -0.15) is 0 Å². The number of hydrazine groups is 1. The predicted octanol–water partition coefficient (Wildman–Crippen LogP) is 1.32. The van der Waals surface area contributed by atoms with Gasteiger partial charge in [0.15, 0.2) is 6.61 Å². The van der Waals surface area contributed by atoms with Crippen molar-refractivity contribution < 1.29 is 14.3 Å². The Labute approximate surface area is 106 Å². The van der Waals surface area contributed by atoms with Crippen LogP contribution in [0.25, 0.3) is 0 Å². The lowest BCUT2D eigenvalue weighted by Gasteiger charge is -2.08. The van der Waals surface area contributed by atoms with Crippen LogP contribution in [-0.4, -0.2) is 18.4 Å². The largest absolute Gasteiger partial charge is 0.484 e. The van der Waals surface area contributed by atoms with Gasteiger partial charge in [0.05, 0.1) is 0 Å². The maximum absolute atomic E-state index is 11.4. The van der Waals surface area contributed by atoms with Crippen LogP contribution in [0.4, 0.5) is 0 Å². The molecule has 2 amide bonds. The molecule has 0 atom stereocenters. The number of benzene rings is 1. The predicted molar refractivity (Wildman–Crippen MR) is 67.9 cm³/mol. The number of carbonyl (C=O) groups is 2. The van der Waals surface area contributed by atoms with Gasteiger partial charge in [0.25, 0.3) is 5.91 Å². The van der Waals surface area contributed by atoms with E-state index in [-0.39, 0.29) is 18.4 Å². The number of hydrogen-bond acceptors (Lipinski definition) is 3. The van der Waals surface area contributed by atoms with Crippen LogP contribution in [0.15, 0.2) is 24.3 Å². The maximum Gasteiger partial charge on any atom is 0.276 e. The highest BCUT2D eigenvalue weighted by molar-refractivity contribution is 5.82. The third-order valence-electron chi connectivity index (χ3n) is 2.18. The van der Waals surface area contributed by atoms with Gasteiger partial charge in [0, 0.05) is 6.42 Å². The van der Waals surface area contributed by atoms with E-state index in [2.05, 4.69) is 10.9 Å². The number of rotatable bonds is 5. The third-order valence-corrected chi connectivity index (χ3v) is 2.18. The molecule has 0 aromatic heterocycles. The molecule has 0 fully saturated rings. The smallest absolute Gasteiger partial charge is 0.276 e. The Morgan fingerprint density at radius 1 is 1.22 bits per heavy atom. The van der Waals surface area contributed by atoms with Crippen molar-refractivity contribution in [2.24, 2.45) is 0 Å². The van der Waals surface area contributed by atoms with E-state index in [0.717, 1.165) is 12.0 Å². The Morgan fingerprint density at radius 3 is 2.61 bits per heavy atom. The lowest BCUT2D eigenvalue weighted by molar-refractivity contribution is -0.130. The number of hydrogen-bond donors (Lipinski definition) is 2. The van der Waals surface area contributed by atoms with Crippen molar-refractivity contribution in [3.63, 3.8) is 0 Å². The summed E-state index contributed by atoms with van der Waals surface area (Å²) in [6.07, 6.45) is 1.13. The highest BCUT2D eigenvalue weighted by atomic mass is 16.5. The molecule has 2 N–H and O–H groups in total. The van der Waals surface area contributed by atoms with Crippen molar-refractivity contribution in [3.05, 3.63) is 29.8 Å². The van der Waals surface area contributed by atoms with Gasteiger partial charge < -0.3 is 4.74 Å². The Balaban J connectivity index is 2.27. The molecule has 1 aromatic carbocycles. The van der Waals surface area contributed by atoms with Crippen LogP contribution < -0.4 is 15.6 Å². The summed E-state index contributed by atoms with van der Waals surface area (Å²) in [4.78, 5) is 22.5. The molecule has 5 heteroatoms. The molecule has 1 aromatic rings. The van der Waals surface area contributed by atoms with Gasteiger partial charge in [-0.15, -0.1) is 0 Å². The normalized spacial score (nSPS) is 9.67. The molecule has 1 rings (SSSR count). The van der Waals surface area contributed by atoms with E-state index in [1.165, 1.54) is 0 Å². The molecule has 5 nitrogen and oxygen atoms in total. The minimum atomic E-state index is -0.388. The van der Waals surface area contributed by atoms with Gasteiger partial charge >= 0.3 is 0 Å². The molecule has 0 radical (unpaired) electrons. The molecular weight excluding hydrogens is 232 g/mol. The second-order valence-corrected chi connectivity index (χ2v) is 3.95. The standard InChI is InChI=1S/C13H18N2O3/c1-3-5-12(16)14-15-13(17)9-18-11-7-4-6-10(2)8-11/h4,6-8H,3,5,9H2,1-2H3,(H,14,16)(H,15,17). The lowest BCUT2D eigenvalue weighted by atomic mass is 10.2. The summed E-state index contributed by atoms with van der Waals surface area (Å²) >= 11 is 0. The number of aryl methyl sites for hydroxylation is 1. The average Bonchev–Trinajstić information content (AvgIpc) is 2.34. The zero-order valence-electron chi connectivity index (χ0n) is 10.7. The van der Waals surface area contributed by atoms with E-state index in [1.807, 2.05) is 32.0 Å². The summed E-state index contributed by atoms with van der Waals surface area (Å²) in [6.45, 7) is 3.70. The summed E-state index contributed by atoms with van der Waals surface area (Å²) in [6, 6.07) is 7.41. The number of nitrogens with one attached hydrogen (secondary N) is 2. The van der Waals surface area contributed by atoms with Crippen LogP contribution in [0.2, 0.25) is 0 Å². The molecule has 0 bridgehead atoms. The molecule has 0 aliphatic rings. The van der Waals surface area contributed by atoms with Crippen LogP contribution in [0.5, 0.6) is 5.75 Å².